The van der Waals surface area contributed by atoms with Crippen molar-refractivity contribution in [3.63, 3.8) is 0 Å². The van der Waals surface area contributed by atoms with Gasteiger partial charge in [0.1, 0.15) is 44.5 Å². The van der Waals surface area contributed by atoms with E-state index in [1.807, 2.05) is 21.1 Å². The molecule has 0 aromatic heterocycles. The van der Waals surface area contributed by atoms with Crippen LogP contribution >= 0.6 is 7.82 Å². The van der Waals surface area contributed by atoms with Gasteiger partial charge in [0.15, 0.2) is 6.10 Å². The minimum Gasteiger partial charge on any atom is -0.497 e. The van der Waals surface area contributed by atoms with Crippen molar-refractivity contribution in [2.75, 3.05) is 61.7 Å². The number of nitrogens with zero attached hydrogens (tertiary/aromatic N) is 3. The zero-order chi connectivity index (χ0) is 54.6. The summed E-state index contributed by atoms with van der Waals surface area (Å²) in [4.78, 5) is 81.7. The first-order chi connectivity index (χ1) is 35.3. The molecular weight excluding hydrogens is 986 g/mol. The van der Waals surface area contributed by atoms with E-state index in [4.69, 9.17) is 37.5 Å². The van der Waals surface area contributed by atoms with Crippen LogP contribution in [0, 0.1) is 20.2 Å². The molecule has 0 aliphatic heterocycles. The third-order valence-electron chi connectivity index (χ3n) is 11.9. The molecule has 2 rings (SSSR count). The first-order valence-electron chi connectivity index (χ1n) is 26.0. The van der Waals surface area contributed by atoms with Crippen LogP contribution in [0.2, 0.25) is 0 Å². The third kappa shape index (κ3) is 31.5. The van der Waals surface area contributed by atoms with Crippen molar-refractivity contribution in [3.05, 3.63) is 67.8 Å². The van der Waals surface area contributed by atoms with Gasteiger partial charge in [0, 0.05) is 25.7 Å². The highest BCUT2D eigenvalue weighted by atomic mass is 31.2. The number of carbonyl (C=O) groups excluding carboxylic acids is 4. The van der Waals surface area contributed by atoms with Crippen LogP contribution in [-0.2, 0) is 65.0 Å². The van der Waals surface area contributed by atoms with Gasteiger partial charge in [-0.1, -0.05) is 103 Å². The highest BCUT2D eigenvalue weighted by Gasteiger charge is 2.27. The fraction of sp³-hybridized carbons (Fsp3) is 0.692. The van der Waals surface area contributed by atoms with Crippen molar-refractivity contribution in [2.45, 2.75) is 173 Å². The number of carbonyl (C=O) groups is 4. The van der Waals surface area contributed by atoms with Gasteiger partial charge in [-0.25, -0.2) is 4.57 Å². The van der Waals surface area contributed by atoms with Crippen molar-refractivity contribution < 1.29 is 80.4 Å². The monoisotopic (exact) mass is 1070 g/mol. The maximum atomic E-state index is 12.8. The molecule has 0 saturated carbocycles. The molecule has 21 nitrogen and oxygen atoms in total. The number of nitro groups is 2. The lowest BCUT2D eigenvalue weighted by Crippen LogP contribution is -2.37. The number of hydrogen-bond acceptors (Lipinski definition) is 17. The second kappa shape index (κ2) is 37.5. The van der Waals surface area contributed by atoms with E-state index < -0.39 is 54.3 Å². The van der Waals surface area contributed by atoms with Gasteiger partial charge in [0.05, 0.1) is 75.1 Å². The number of phosphoric ester groups is 1. The Labute approximate surface area is 436 Å². The van der Waals surface area contributed by atoms with Crippen LogP contribution in [0.4, 0.5) is 11.4 Å². The van der Waals surface area contributed by atoms with Gasteiger partial charge in [-0.05, 0) is 49.9 Å². The summed E-state index contributed by atoms with van der Waals surface area (Å²) in [5.74, 6) is -1.09. The second-order valence-electron chi connectivity index (χ2n) is 19.3. The summed E-state index contributed by atoms with van der Waals surface area (Å²) in [5, 5.41) is 22.7. The number of unbranched alkanes of at least 4 members (excludes halogenated alkanes) is 18. The molecule has 2 aromatic carbocycles. The summed E-state index contributed by atoms with van der Waals surface area (Å²) >= 11 is 0. The number of hydrogen-bond donors (Lipinski definition) is 1. The summed E-state index contributed by atoms with van der Waals surface area (Å²) in [7, 11) is 4.09. The molecular formula is C52H83N3O18P+. The fourth-order valence-corrected chi connectivity index (χ4v) is 8.30. The minimum absolute atomic E-state index is 0.0345. The Morgan fingerprint density at radius 1 is 0.541 bits per heavy atom. The van der Waals surface area contributed by atoms with Crippen LogP contribution in [-0.4, -0.2) is 111 Å². The first kappa shape index (κ1) is 64.9. The molecule has 0 spiro atoms. The first-order valence-corrected chi connectivity index (χ1v) is 27.5. The zero-order valence-corrected chi connectivity index (χ0v) is 45.3. The lowest BCUT2D eigenvalue weighted by Gasteiger charge is -2.24. The minimum atomic E-state index is -4.47. The van der Waals surface area contributed by atoms with Crippen molar-refractivity contribution in [1.82, 2.24) is 0 Å². The quantitative estimate of drug-likeness (QED) is 0.0123. The summed E-state index contributed by atoms with van der Waals surface area (Å²) in [5.41, 5.74) is 0.293. The van der Waals surface area contributed by atoms with Crippen molar-refractivity contribution in [2.24, 2.45) is 0 Å². The topological polar surface area (TPSA) is 266 Å². The molecule has 0 aliphatic carbocycles. The Bertz CT molecular complexity index is 2050. The van der Waals surface area contributed by atoms with Crippen LogP contribution in [0.15, 0.2) is 36.4 Å². The molecule has 418 valence electrons. The van der Waals surface area contributed by atoms with E-state index in [9.17, 15) is 48.9 Å². The van der Waals surface area contributed by atoms with Gasteiger partial charge in [-0.2, -0.15) is 0 Å². The molecule has 2 aromatic rings. The molecule has 0 saturated heterocycles. The zero-order valence-electron chi connectivity index (χ0n) is 44.4. The van der Waals surface area contributed by atoms with Crippen LogP contribution in [0.1, 0.15) is 165 Å². The number of quaternary nitrogens is 1. The average molecular weight is 1070 g/mol. The van der Waals surface area contributed by atoms with Crippen LogP contribution < -0.4 is 9.47 Å². The molecule has 0 radical (unpaired) electrons. The average Bonchev–Trinajstić information content (AvgIpc) is 3.35. The molecule has 1 N–H and O–H groups in total. The normalized spacial score (nSPS) is 12.6. The van der Waals surface area contributed by atoms with E-state index in [0.717, 1.165) is 103 Å². The van der Waals surface area contributed by atoms with Crippen LogP contribution in [0.25, 0.3) is 0 Å². The van der Waals surface area contributed by atoms with E-state index in [1.54, 1.807) is 12.1 Å². The molecule has 1 unspecified atom stereocenters. The highest BCUT2D eigenvalue weighted by Crippen LogP contribution is 2.43. The second-order valence-corrected chi connectivity index (χ2v) is 20.8. The summed E-state index contributed by atoms with van der Waals surface area (Å²) in [6.07, 6.45) is 17.8. The van der Waals surface area contributed by atoms with Crippen molar-refractivity contribution >= 4 is 43.1 Å². The molecule has 22 heteroatoms. The molecule has 74 heavy (non-hydrogen) atoms. The largest absolute Gasteiger partial charge is 0.497 e. The maximum absolute atomic E-state index is 12.8. The van der Waals surface area contributed by atoms with Crippen LogP contribution in [0.3, 0.4) is 0 Å². The highest BCUT2D eigenvalue weighted by molar-refractivity contribution is 7.47. The fourth-order valence-electron chi connectivity index (χ4n) is 7.56. The number of phosphoric acid groups is 1. The van der Waals surface area contributed by atoms with Gasteiger partial charge in [0.25, 0.3) is 11.4 Å². The summed E-state index contributed by atoms with van der Waals surface area (Å²) in [6.45, 7) is -0.757. The number of benzene rings is 2. The Hall–Kier alpha value is -5.21. The van der Waals surface area contributed by atoms with Gasteiger partial charge in [0.2, 0.25) is 0 Å². The molecule has 0 amide bonds. The third-order valence-corrected chi connectivity index (χ3v) is 12.9. The van der Waals surface area contributed by atoms with E-state index in [2.05, 4.69) is 0 Å². The van der Waals surface area contributed by atoms with E-state index >= 15 is 0 Å². The standard InChI is InChI=1S/C52H82N3O18P/c1-55(2,3)34-35-71-74(64,65)72-41-46(73-52(59)29-25-21-17-13-9-8-11-15-19-23-27-50(57)69-39-43-31-33-45(67-5)37-48(43)54(62)63)40-70-51(58)28-24-20-16-12-7-6-10-14-18-22-26-49(56)68-38-42-30-32-44(66-4)36-47(42)53(60)61/h30-33,36-37,46H,6-29,34-35,38-41H2,1-5H3/p+1/t46-/m1/s1. The number of ether oxygens (including phenoxy) is 6. The molecule has 0 bridgehead atoms. The van der Waals surface area contributed by atoms with E-state index in [-0.39, 0.29) is 63.5 Å². The Morgan fingerprint density at radius 3 is 1.24 bits per heavy atom. The predicted octanol–water partition coefficient (Wildman–Crippen LogP) is 11.0. The van der Waals surface area contributed by atoms with Crippen molar-refractivity contribution in [3.8, 4) is 11.5 Å². The van der Waals surface area contributed by atoms with Gasteiger partial charge in [-0.15, -0.1) is 0 Å². The lowest BCUT2D eigenvalue weighted by atomic mass is 10.1. The Kier molecular flexibility index (Phi) is 32.9. The van der Waals surface area contributed by atoms with Gasteiger partial charge < -0.3 is 37.8 Å². The Morgan fingerprint density at radius 2 is 0.892 bits per heavy atom. The smallest absolute Gasteiger partial charge is 0.472 e. The lowest BCUT2D eigenvalue weighted by molar-refractivity contribution is -0.870. The maximum Gasteiger partial charge on any atom is 0.472 e. The predicted molar refractivity (Wildman–Crippen MR) is 275 cm³/mol. The number of esters is 4. The summed E-state index contributed by atoms with van der Waals surface area (Å²) < 4.78 is 54.9. The number of methoxy groups -OCH3 is 2. The van der Waals surface area contributed by atoms with Gasteiger partial charge >= 0.3 is 31.7 Å². The summed E-state index contributed by atoms with van der Waals surface area (Å²) in [6, 6.07) is 8.81. The van der Waals surface area contributed by atoms with E-state index in [1.165, 1.54) is 38.5 Å². The van der Waals surface area contributed by atoms with Crippen molar-refractivity contribution in [1.29, 1.82) is 0 Å². The molecule has 0 fully saturated rings. The Balaban J connectivity index is 1.57. The SMILES string of the molecule is COc1ccc(COC(=O)CCCCCCCCCCCCC(=O)OC[C@H](COP(=O)(O)OCC[N+](C)(C)C)OC(=O)CCCCCCCCCCCCC(=O)OCc2ccc(OC)cc2[N+](=O)[O-])c([N+](=O)[O-])c1. The number of nitro benzene ring substituents is 2. The molecule has 0 heterocycles. The van der Waals surface area contributed by atoms with E-state index in [0.29, 0.717) is 59.3 Å². The van der Waals surface area contributed by atoms with Gasteiger partial charge in [-0.3, -0.25) is 48.5 Å². The molecule has 0 aliphatic rings. The van der Waals surface area contributed by atoms with Crippen LogP contribution in [0.5, 0.6) is 11.5 Å². The molecule has 2 atom stereocenters. The number of likely N-dealkylation sites (N-methyl/N-ethyl adjacent to an activating group) is 1. The number of rotatable bonds is 44.